The first kappa shape index (κ1) is 11.9. The van der Waals surface area contributed by atoms with Gasteiger partial charge in [0.15, 0.2) is 9.84 Å². The molecule has 3 rings (SSSR count). The minimum atomic E-state index is -2.92. The second-order valence-corrected chi connectivity index (χ2v) is 8.11. The standard InChI is InChI=1S/C11H13N3O2S2/c1-6-4-8-9(12)13-10(14-11(8)17-6)7-2-3-18(15,16)5-7/h4,7H,2-3,5H2,1H3,(H2,12,13,14). The summed E-state index contributed by atoms with van der Waals surface area (Å²) < 4.78 is 23.0. The molecule has 1 atom stereocenters. The summed E-state index contributed by atoms with van der Waals surface area (Å²) in [6.07, 6.45) is 0.595. The number of aromatic nitrogens is 2. The molecule has 0 aliphatic carbocycles. The highest BCUT2D eigenvalue weighted by molar-refractivity contribution is 7.91. The van der Waals surface area contributed by atoms with E-state index in [2.05, 4.69) is 9.97 Å². The third-order valence-electron chi connectivity index (χ3n) is 3.16. The molecule has 0 spiro atoms. The van der Waals surface area contributed by atoms with Gasteiger partial charge >= 0.3 is 0 Å². The second kappa shape index (κ2) is 3.89. The lowest BCUT2D eigenvalue weighted by atomic mass is 10.1. The summed E-state index contributed by atoms with van der Waals surface area (Å²) in [7, 11) is -2.92. The molecular formula is C11H13N3O2S2. The van der Waals surface area contributed by atoms with Crippen LogP contribution in [0.4, 0.5) is 5.82 Å². The molecule has 1 unspecified atom stereocenters. The second-order valence-electron chi connectivity index (χ2n) is 4.64. The van der Waals surface area contributed by atoms with Crippen LogP contribution in [-0.2, 0) is 9.84 Å². The van der Waals surface area contributed by atoms with E-state index in [0.29, 0.717) is 18.1 Å². The molecule has 1 aliphatic heterocycles. The Bertz CT molecular complexity index is 721. The Morgan fingerprint density at radius 3 is 2.89 bits per heavy atom. The molecule has 0 bridgehead atoms. The Balaban J connectivity index is 2.08. The summed E-state index contributed by atoms with van der Waals surface area (Å²) in [6.45, 7) is 1.99. The van der Waals surface area contributed by atoms with E-state index >= 15 is 0 Å². The average molecular weight is 283 g/mol. The highest BCUT2D eigenvalue weighted by Gasteiger charge is 2.31. The minimum Gasteiger partial charge on any atom is -0.383 e. The molecule has 1 fully saturated rings. The fraction of sp³-hybridized carbons (Fsp3) is 0.455. The number of nitrogens with two attached hydrogens (primary N) is 1. The lowest BCUT2D eigenvalue weighted by molar-refractivity contribution is 0.601. The molecule has 0 aromatic carbocycles. The summed E-state index contributed by atoms with van der Waals surface area (Å²) in [6, 6.07) is 1.96. The Hall–Kier alpha value is -1.21. The van der Waals surface area contributed by atoms with Crippen molar-refractivity contribution < 1.29 is 8.42 Å². The largest absolute Gasteiger partial charge is 0.383 e. The van der Waals surface area contributed by atoms with Crippen molar-refractivity contribution >= 4 is 37.2 Å². The molecular weight excluding hydrogens is 270 g/mol. The van der Waals surface area contributed by atoms with Crippen LogP contribution in [0.5, 0.6) is 0 Å². The third-order valence-corrected chi connectivity index (χ3v) is 5.87. The Kier molecular flexibility index (Phi) is 2.56. The molecule has 3 heterocycles. The molecule has 0 amide bonds. The molecule has 2 N–H and O–H groups in total. The van der Waals surface area contributed by atoms with Gasteiger partial charge in [0.05, 0.1) is 16.9 Å². The van der Waals surface area contributed by atoms with Crippen LogP contribution in [0.2, 0.25) is 0 Å². The van der Waals surface area contributed by atoms with Crippen molar-refractivity contribution in [2.24, 2.45) is 0 Å². The molecule has 1 saturated heterocycles. The molecule has 5 nitrogen and oxygen atoms in total. The number of sulfone groups is 1. The molecule has 1 aliphatic rings. The van der Waals surface area contributed by atoms with E-state index in [1.165, 1.54) is 0 Å². The number of thiophene rings is 1. The van der Waals surface area contributed by atoms with Gasteiger partial charge in [0.25, 0.3) is 0 Å². The van der Waals surface area contributed by atoms with Crippen LogP contribution < -0.4 is 5.73 Å². The minimum absolute atomic E-state index is 0.107. The number of hydrogen-bond donors (Lipinski definition) is 1. The predicted molar refractivity (Wildman–Crippen MR) is 72.6 cm³/mol. The van der Waals surface area contributed by atoms with E-state index in [1.54, 1.807) is 11.3 Å². The zero-order valence-electron chi connectivity index (χ0n) is 9.88. The quantitative estimate of drug-likeness (QED) is 0.856. The lowest BCUT2D eigenvalue weighted by Crippen LogP contribution is -2.08. The first-order valence-electron chi connectivity index (χ1n) is 5.68. The van der Waals surface area contributed by atoms with Gasteiger partial charge in [0, 0.05) is 10.8 Å². The summed E-state index contributed by atoms with van der Waals surface area (Å²) >= 11 is 1.56. The fourth-order valence-electron chi connectivity index (χ4n) is 2.26. The van der Waals surface area contributed by atoms with Crippen LogP contribution in [-0.4, -0.2) is 29.9 Å². The number of nitrogens with zero attached hydrogens (tertiary/aromatic N) is 2. The van der Waals surface area contributed by atoms with Crippen molar-refractivity contribution in [2.45, 2.75) is 19.3 Å². The van der Waals surface area contributed by atoms with Crippen molar-refractivity contribution in [1.82, 2.24) is 9.97 Å². The van der Waals surface area contributed by atoms with E-state index in [1.807, 2.05) is 13.0 Å². The molecule has 96 valence electrons. The van der Waals surface area contributed by atoms with Crippen molar-refractivity contribution in [3.63, 3.8) is 0 Å². The number of nitrogen functional groups attached to an aromatic ring is 1. The molecule has 7 heteroatoms. The van der Waals surface area contributed by atoms with E-state index < -0.39 is 9.84 Å². The molecule has 0 radical (unpaired) electrons. The van der Waals surface area contributed by atoms with Crippen molar-refractivity contribution in [1.29, 1.82) is 0 Å². The summed E-state index contributed by atoms with van der Waals surface area (Å²) in [5.74, 6) is 1.28. The molecule has 2 aromatic rings. The maximum absolute atomic E-state index is 11.5. The van der Waals surface area contributed by atoms with Crippen LogP contribution in [0.15, 0.2) is 6.07 Å². The highest BCUT2D eigenvalue weighted by Crippen LogP contribution is 2.32. The SMILES string of the molecule is Cc1cc2c(N)nc(C3CCS(=O)(=O)C3)nc2s1. The fourth-order valence-corrected chi connectivity index (χ4v) is 4.90. The smallest absolute Gasteiger partial charge is 0.151 e. The number of anilines is 1. The summed E-state index contributed by atoms with van der Waals surface area (Å²) in [5, 5.41) is 0.863. The molecule has 18 heavy (non-hydrogen) atoms. The van der Waals surface area contributed by atoms with Gasteiger partial charge < -0.3 is 5.73 Å². The monoisotopic (exact) mass is 283 g/mol. The zero-order valence-corrected chi connectivity index (χ0v) is 11.5. The van der Waals surface area contributed by atoms with E-state index in [-0.39, 0.29) is 17.4 Å². The third kappa shape index (κ3) is 1.97. The van der Waals surface area contributed by atoms with Gasteiger partial charge in [-0.1, -0.05) is 0 Å². The number of rotatable bonds is 1. The Labute approximate surface area is 109 Å². The van der Waals surface area contributed by atoms with Gasteiger partial charge in [-0.05, 0) is 19.4 Å². The van der Waals surface area contributed by atoms with Crippen LogP contribution in [0, 0.1) is 6.92 Å². The zero-order chi connectivity index (χ0) is 12.9. The van der Waals surface area contributed by atoms with Crippen LogP contribution in [0.1, 0.15) is 23.0 Å². The van der Waals surface area contributed by atoms with Crippen molar-refractivity contribution in [2.75, 3.05) is 17.2 Å². The average Bonchev–Trinajstić information content (AvgIpc) is 2.80. The van der Waals surface area contributed by atoms with E-state index in [4.69, 9.17) is 5.73 Å². The topological polar surface area (TPSA) is 85.9 Å². The maximum Gasteiger partial charge on any atom is 0.151 e. The molecule has 2 aromatic heterocycles. The van der Waals surface area contributed by atoms with E-state index in [9.17, 15) is 8.42 Å². The Morgan fingerprint density at radius 2 is 2.22 bits per heavy atom. The number of fused-ring (bicyclic) bond motifs is 1. The first-order chi connectivity index (χ1) is 8.44. The maximum atomic E-state index is 11.5. The highest BCUT2D eigenvalue weighted by atomic mass is 32.2. The predicted octanol–water partition coefficient (Wildman–Crippen LogP) is 1.48. The summed E-state index contributed by atoms with van der Waals surface area (Å²) in [4.78, 5) is 10.7. The van der Waals surface area contributed by atoms with Gasteiger partial charge in [-0.25, -0.2) is 18.4 Å². The van der Waals surface area contributed by atoms with E-state index in [0.717, 1.165) is 15.1 Å². The summed E-state index contributed by atoms with van der Waals surface area (Å²) in [5.41, 5.74) is 5.91. The number of aryl methyl sites for hydroxylation is 1. The van der Waals surface area contributed by atoms with Gasteiger partial charge in [-0.3, -0.25) is 0 Å². The normalized spacial score (nSPS) is 22.6. The lowest BCUT2D eigenvalue weighted by Gasteiger charge is -2.07. The van der Waals surface area contributed by atoms with Crippen molar-refractivity contribution in [3.05, 3.63) is 16.8 Å². The molecule has 0 saturated carbocycles. The van der Waals surface area contributed by atoms with Gasteiger partial charge in [0.1, 0.15) is 16.5 Å². The van der Waals surface area contributed by atoms with Crippen molar-refractivity contribution in [3.8, 4) is 0 Å². The van der Waals surface area contributed by atoms with Gasteiger partial charge in [0.2, 0.25) is 0 Å². The first-order valence-corrected chi connectivity index (χ1v) is 8.32. The number of hydrogen-bond acceptors (Lipinski definition) is 6. The van der Waals surface area contributed by atoms with Crippen LogP contribution in [0.3, 0.4) is 0 Å². The Morgan fingerprint density at radius 1 is 1.44 bits per heavy atom. The van der Waals surface area contributed by atoms with Crippen LogP contribution >= 0.6 is 11.3 Å². The van der Waals surface area contributed by atoms with Gasteiger partial charge in [-0.2, -0.15) is 0 Å². The van der Waals surface area contributed by atoms with Crippen LogP contribution in [0.25, 0.3) is 10.2 Å². The van der Waals surface area contributed by atoms with Gasteiger partial charge in [-0.15, -0.1) is 11.3 Å².